The third-order valence-electron chi connectivity index (χ3n) is 3.17. The molecule has 3 rings (SSSR count). The SMILES string of the molecule is Fc1ccc(CNCCc2nc3ccccc3s2)cc1Br. The van der Waals surface area contributed by atoms with E-state index < -0.39 is 0 Å². The summed E-state index contributed by atoms with van der Waals surface area (Å²) in [6, 6.07) is 13.3. The smallest absolute Gasteiger partial charge is 0.137 e. The van der Waals surface area contributed by atoms with Crippen LogP contribution in [0.1, 0.15) is 10.6 Å². The van der Waals surface area contributed by atoms with E-state index in [4.69, 9.17) is 0 Å². The van der Waals surface area contributed by atoms with E-state index in [0.717, 1.165) is 35.6 Å². The number of hydrogen-bond donors (Lipinski definition) is 1. The van der Waals surface area contributed by atoms with Gasteiger partial charge in [-0.25, -0.2) is 9.37 Å². The van der Waals surface area contributed by atoms with Crippen molar-refractivity contribution in [3.8, 4) is 0 Å². The molecule has 0 saturated carbocycles. The third-order valence-corrected chi connectivity index (χ3v) is 4.87. The third kappa shape index (κ3) is 3.67. The second kappa shape index (κ2) is 6.64. The average Bonchev–Trinajstić information content (AvgIpc) is 2.90. The van der Waals surface area contributed by atoms with Crippen molar-refractivity contribution >= 4 is 37.5 Å². The lowest BCUT2D eigenvalue weighted by molar-refractivity contribution is 0.618. The zero-order valence-corrected chi connectivity index (χ0v) is 13.7. The Labute approximate surface area is 135 Å². The molecule has 1 heterocycles. The Kier molecular flexibility index (Phi) is 4.63. The molecule has 1 N–H and O–H groups in total. The van der Waals surface area contributed by atoms with Crippen LogP contribution in [0.2, 0.25) is 0 Å². The Morgan fingerprint density at radius 2 is 2.05 bits per heavy atom. The van der Waals surface area contributed by atoms with Gasteiger partial charge in [-0.3, -0.25) is 0 Å². The van der Waals surface area contributed by atoms with Crippen LogP contribution < -0.4 is 5.32 Å². The Morgan fingerprint density at radius 3 is 2.86 bits per heavy atom. The second-order valence-corrected chi connectivity index (χ2v) is 6.72. The summed E-state index contributed by atoms with van der Waals surface area (Å²) in [5.74, 6) is -0.228. The molecule has 0 bridgehead atoms. The van der Waals surface area contributed by atoms with E-state index in [-0.39, 0.29) is 5.82 Å². The highest BCUT2D eigenvalue weighted by atomic mass is 79.9. The van der Waals surface area contributed by atoms with E-state index in [1.54, 1.807) is 23.5 Å². The van der Waals surface area contributed by atoms with Crippen molar-refractivity contribution in [2.75, 3.05) is 6.54 Å². The van der Waals surface area contributed by atoms with Crippen molar-refractivity contribution < 1.29 is 4.39 Å². The molecule has 0 aliphatic rings. The summed E-state index contributed by atoms with van der Waals surface area (Å²) >= 11 is 4.94. The number of para-hydroxylation sites is 1. The van der Waals surface area contributed by atoms with E-state index in [1.807, 2.05) is 18.2 Å². The zero-order chi connectivity index (χ0) is 14.7. The van der Waals surface area contributed by atoms with Gasteiger partial charge >= 0.3 is 0 Å². The van der Waals surface area contributed by atoms with Crippen LogP contribution in [0.3, 0.4) is 0 Å². The molecule has 5 heteroatoms. The van der Waals surface area contributed by atoms with Crippen molar-refractivity contribution in [3.05, 3.63) is 63.3 Å². The zero-order valence-electron chi connectivity index (χ0n) is 11.3. The van der Waals surface area contributed by atoms with E-state index in [2.05, 4.69) is 32.3 Å². The van der Waals surface area contributed by atoms with Crippen LogP contribution in [0.4, 0.5) is 4.39 Å². The minimum Gasteiger partial charge on any atom is -0.312 e. The van der Waals surface area contributed by atoms with Gasteiger partial charge in [-0.1, -0.05) is 18.2 Å². The highest BCUT2D eigenvalue weighted by molar-refractivity contribution is 9.10. The topological polar surface area (TPSA) is 24.9 Å². The number of benzene rings is 2. The molecule has 0 radical (unpaired) electrons. The molecule has 3 aromatic rings. The molecule has 0 saturated heterocycles. The van der Waals surface area contributed by atoms with Gasteiger partial charge in [-0.15, -0.1) is 11.3 Å². The average molecular weight is 365 g/mol. The van der Waals surface area contributed by atoms with E-state index in [0.29, 0.717) is 4.47 Å². The number of hydrogen-bond acceptors (Lipinski definition) is 3. The molecule has 0 atom stereocenters. The Morgan fingerprint density at radius 1 is 1.19 bits per heavy atom. The highest BCUT2D eigenvalue weighted by Crippen LogP contribution is 2.21. The lowest BCUT2D eigenvalue weighted by Crippen LogP contribution is -2.16. The molecular weight excluding hydrogens is 351 g/mol. The summed E-state index contributed by atoms with van der Waals surface area (Å²) < 4.78 is 14.9. The molecule has 0 aliphatic heterocycles. The van der Waals surface area contributed by atoms with Crippen molar-refractivity contribution in [2.45, 2.75) is 13.0 Å². The largest absolute Gasteiger partial charge is 0.312 e. The molecule has 0 amide bonds. The van der Waals surface area contributed by atoms with Gasteiger partial charge in [0.05, 0.1) is 19.7 Å². The van der Waals surface area contributed by atoms with Gasteiger partial charge in [-0.05, 0) is 45.8 Å². The molecule has 1 aromatic heterocycles. The quantitative estimate of drug-likeness (QED) is 0.672. The van der Waals surface area contributed by atoms with Gasteiger partial charge in [0.15, 0.2) is 0 Å². The molecular formula is C16H14BrFN2S. The molecule has 0 fully saturated rings. The Bertz CT molecular complexity index is 724. The maximum absolute atomic E-state index is 13.1. The van der Waals surface area contributed by atoms with Gasteiger partial charge in [-0.2, -0.15) is 0 Å². The maximum atomic E-state index is 13.1. The molecule has 21 heavy (non-hydrogen) atoms. The van der Waals surface area contributed by atoms with Crippen molar-refractivity contribution in [1.82, 2.24) is 10.3 Å². The molecule has 108 valence electrons. The van der Waals surface area contributed by atoms with Gasteiger partial charge in [0.1, 0.15) is 5.82 Å². The fourth-order valence-electron chi connectivity index (χ4n) is 2.10. The van der Waals surface area contributed by atoms with E-state index in [1.165, 1.54) is 10.8 Å². The first kappa shape index (κ1) is 14.6. The summed E-state index contributed by atoms with van der Waals surface area (Å²) in [6.45, 7) is 1.58. The second-order valence-electron chi connectivity index (χ2n) is 4.75. The summed E-state index contributed by atoms with van der Waals surface area (Å²) in [5.41, 5.74) is 2.13. The summed E-state index contributed by atoms with van der Waals surface area (Å²) in [5, 5.41) is 4.51. The molecule has 0 aliphatic carbocycles. The fourth-order valence-corrected chi connectivity index (χ4v) is 3.50. The first-order valence-electron chi connectivity index (χ1n) is 6.71. The van der Waals surface area contributed by atoms with Crippen LogP contribution in [-0.2, 0) is 13.0 Å². The monoisotopic (exact) mass is 364 g/mol. The van der Waals surface area contributed by atoms with Gasteiger partial charge in [0.25, 0.3) is 0 Å². The van der Waals surface area contributed by atoms with E-state index >= 15 is 0 Å². The molecule has 0 unspecified atom stereocenters. The normalized spacial score (nSPS) is 11.1. The minimum atomic E-state index is -0.228. The lowest BCUT2D eigenvalue weighted by Gasteiger charge is -2.04. The Balaban J connectivity index is 1.52. The van der Waals surface area contributed by atoms with Crippen LogP contribution in [0.15, 0.2) is 46.9 Å². The number of halogens is 2. The van der Waals surface area contributed by atoms with Crippen LogP contribution in [-0.4, -0.2) is 11.5 Å². The summed E-state index contributed by atoms with van der Waals surface area (Å²) in [7, 11) is 0. The predicted octanol–water partition coefficient (Wildman–Crippen LogP) is 4.53. The number of nitrogens with one attached hydrogen (secondary N) is 1. The van der Waals surface area contributed by atoms with Crippen LogP contribution in [0, 0.1) is 5.82 Å². The van der Waals surface area contributed by atoms with Crippen molar-refractivity contribution in [3.63, 3.8) is 0 Å². The number of thiazole rings is 1. The van der Waals surface area contributed by atoms with Gasteiger partial charge in [0, 0.05) is 19.5 Å². The predicted molar refractivity (Wildman–Crippen MR) is 89.1 cm³/mol. The minimum absolute atomic E-state index is 0.228. The number of nitrogens with zero attached hydrogens (tertiary/aromatic N) is 1. The first-order valence-corrected chi connectivity index (χ1v) is 8.32. The van der Waals surface area contributed by atoms with Crippen LogP contribution >= 0.6 is 27.3 Å². The van der Waals surface area contributed by atoms with Gasteiger partial charge in [0.2, 0.25) is 0 Å². The Hall–Kier alpha value is -1.30. The van der Waals surface area contributed by atoms with Gasteiger partial charge < -0.3 is 5.32 Å². The van der Waals surface area contributed by atoms with Crippen molar-refractivity contribution in [2.24, 2.45) is 0 Å². The number of aromatic nitrogens is 1. The summed E-state index contributed by atoms with van der Waals surface area (Å²) in [6.07, 6.45) is 0.904. The van der Waals surface area contributed by atoms with Crippen LogP contribution in [0.25, 0.3) is 10.2 Å². The fraction of sp³-hybridized carbons (Fsp3) is 0.188. The lowest BCUT2D eigenvalue weighted by atomic mass is 10.2. The van der Waals surface area contributed by atoms with Crippen molar-refractivity contribution in [1.29, 1.82) is 0 Å². The first-order chi connectivity index (χ1) is 10.2. The maximum Gasteiger partial charge on any atom is 0.137 e. The standard InChI is InChI=1S/C16H14BrFN2S/c17-12-9-11(5-6-13(12)18)10-19-8-7-16-20-14-3-1-2-4-15(14)21-16/h1-6,9,19H,7-8,10H2. The molecule has 0 spiro atoms. The van der Waals surface area contributed by atoms with E-state index in [9.17, 15) is 4.39 Å². The number of fused-ring (bicyclic) bond motifs is 1. The molecule has 2 aromatic carbocycles. The highest BCUT2D eigenvalue weighted by Gasteiger charge is 2.03. The number of rotatable bonds is 5. The molecule has 2 nitrogen and oxygen atoms in total. The van der Waals surface area contributed by atoms with Crippen LogP contribution in [0.5, 0.6) is 0 Å². The summed E-state index contributed by atoms with van der Waals surface area (Å²) in [4.78, 5) is 4.60.